The summed E-state index contributed by atoms with van der Waals surface area (Å²) in [6.07, 6.45) is 0.732. The minimum atomic E-state index is -0.481. The first-order valence-corrected chi connectivity index (χ1v) is 7.72. The molecule has 0 aromatic carbocycles. The smallest absolute Gasteiger partial charge is 0.312 e. The molecular weight excluding hydrogens is 248 g/mol. The van der Waals surface area contributed by atoms with Crippen molar-refractivity contribution in [1.82, 2.24) is 0 Å². The van der Waals surface area contributed by atoms with E-state index in [0.29, 0.717) is 0 Å². The van der Waals surface area contributed by atoms with Crippen molar-refractivity contribution in [3.63, 3.8) is 0 Å². The van der Waals surface area contributed by atoms with Gasteiger partial charge in [-0.3, -0.25) is 4.79 Å². The first-order valence-electron chi connectivity index (χ1n) is 7.72. The van der Waals surface area contributed by atoms with Crippen LogP contribution in [-0.2, 0) is 9.53 Å². The van der Waals surface area contributed by atoms with Crippen molar-refractivity contribution in [3.8, 4) is 0 Å². The van der Waals surface area contributed by atoms with E-state index in [0.717, 1.165) is 6.42 Å². The Morgan fingerprint density at radius 2 is 1.30 bits per heavy atom. The van der Waals surface area contributed by atoms with Crippen molar-refractivity contribution < 1.29 is 9.53 Å². The van der Waals surface area contributed by atoms with Crippen LogP contribution in [0.1, 0.15) is 82.6 Å². The number of ether oxygens (including phenoxy) is 1. The maximum absolute atomic E-state index is 12.8. The summed E-state index contributed by atoms with van der Waals surface area (Å²) >= 11 is 0. The van der Waals surface area contributed by atoms with E-state index in [9.17, 15) is 4.79 Å². The average molecular weight is 284 g/mol. The van der Waals surface area contributed by atoms with E-state index in [2.05, 4.69) is 69.2 Å². The summed E-state index contributed by atoms with van der Waals surface area (Å²) in [5.41, 5.74) is -0.554. The molecule has 0 saturated carbocycles. The number of esters is 1. The predicted octanol–water partition coefficient (Wildman–Crippen LogP) is 5.45. The first-order chi connectivity index (χ1) is 8.51. The van der Waals surface area contributed by atoms with Crippen LogP contribution in [0.3, 0.4) is 0 Å². The maximum Gasteiger partial charge on any atom is 0.312 e. The Labute approximate surface area is 126 Å². The topological polar surface area (TPSA) is 26.3 Å². The van der Waals surface area contributed by atoms with Crippen LogP contribution in [-0.4, -0.2) is 12.1 Å². The van der Waals surface area contributed by atoms with E-state index in [1.807, 2.05) is 6.92 Å². The number of carbonyl (C=O) groups is 1. The Balaban J connectivity index is 5.32. The lowest BCUT2D eigenvalue weighted by molar-refractivity contribution is -0.174. The standard InChI is InChI=1S/C18H36O2/c1-13(16(5,6)7)20-14(19)18(11,17(8,9)10)12-15(2,3)4/h13H,12H2,1-11H3. The van der Waals surface area contributed by atoms with Crippen LogP contribution in [0.2, 0.25) is 0 Å². The molecular formula is C18H36O2. The van der Waals surface area contributed by atoms with Crippen molar-refractivity contribution in [3.05, 3.63) is 0 Å². The van der Waals surface area contributed by atoms with Crippen molar-refractivity contribution in [2.45, 2.75) is 88.7 Å². The summed E-state index contributed by atoms with van der Waals surface area (Å²) < 4.78 is 5.81. The second kappa shape index (κ2) is 5.69. The van der Waals surface area contributed by atoms with Gasteiger partial charge < -0.3 is 4.74 Å². The van der Waals surface area contributed by atoms with Gasteiger partial charge in [0.2, 0.25) is 0 Å². The van der Waals surface area contributed by atoms with Gasteiger partial charge in [0.15, 0.2) is 0 Å². The molecule has 0 aliphatic carbocycles. The fourth-order valence-electron chi connectivity index (χ4n) is 2.17. The Kier molecular flexibility index (Phi) is 5.54. The molecule has 0 rings (SSSR count). The summed E-state index contributed by atoms with van der Waals surface area (Å²) in [4.78, 5) is 12.8. The minimum absolute atomic E-state index is 0.0316. The molecule has 20 heavy (non-hydrogen) atoms. The van der Waals surface area contributed by atoms with Gasteiger partial charge in [0, 0.05) is 0 Å². The van der Waals surface area contributed by atoms with Gasteiger partial charge >= 0.3 is 5.97 Å². The van der Waals surface area contributed by atoms with E-state index < -0.39 is 5.41 Å². The fourth-order valence-corrected chi connectivity index (χ4v) is 2.17. The summed E-state index contributed by atoms with van der Waals surface area (Å²) in [7, 11) is 0. The molecule has 0 bridgehead atoms. The largest absolute Gasteiger partial charge is 0.462 e. The molecule has 0 N–H and O–H groups in total. The molecule has 120 valence electrons. The average Bonchev–Trinajstić information content (AvgIpc) is 2.10. The Morgan fingerprint density at radius 1 is 0.900 bits per heavy atom. The van der Waals surface area contributed by atoms with Crippen LogP contribution >= 0.6 is 0 Å². The third kappa shape index (κ3) is 5.10. The molecule has 0 saturated heterocycles. The van der Waals surface area contributed by atoms with Gasteiger partial charge in [0.1, 0.15) is 6.10 Å². The second-order valence-corrected chi connectivity index (χ2v) is 9.73. The normalized spacial score (nSPS) is 18.4. The molecule has 0 aliphatic rings. The summed E-state index contributed by atoms with van der Waals surface area (Å²) in [5.74, 6) is -0.0673. The zero-order valence-electron chi connectivity index (χ0n) is 15.6. The lowest BCUT2D eigenvalue weighted by Crippen LogP contribution is -2.46. The van der Waals surface area contributed by atoms with Crippen LogP contribution < -0.4 is 0 Å². The first kappa shape index (κ1) is 19.5. The predicted molar refractivity (Wildman–Crippen MR) is 86.6 cm³/mol. The highest BCUT2D eigenvalue weighted by molar-refractivity contribution is 5.77. The van der Waals surface area contributed by atoms with Gasteiger partial charge in [0.05, 0.1) is 5.41 Å². The minimum Gasteiger partial charge on any atom is -0.462 e. The summed E-state index contributed by atoms with van der Waals surface area (Å²) in [5, 5.41) is 0. The Bertz CT molecular complexity index is 336. The maximum atomic E-state index is 12.8. The van der Waals surface area contributed by atoms with Crippen molar-refractivity contribution in [2.75, 3.05) is 0 Å². The number of carbonyl (C=O) groups excluding carboxylic acids is 1. The van der Waals surface area contributed by atoms with E-state index in [4.69, 9.17) is 4.74 Å². The monoisotopic (exact) mass is 284 g/mol. The lowest BCUT2D eigenvalue weighted by atomic mass is 9.61. The van der Waals surface area contributed by atoms with Gasteiger partial charge in [-0.15, -0.1) is 0 Å². The molecule has 0 aliphatic heterocycles. The van der Waals surface area contributed by atoms with Crippen molar-refractivity contribution in [1.29, 1.82) is 0 Å². The van der Waals surface area contributed by atoms with Crippen LogP contribution in [0, 0.1) is 21.7 Å². The van der Waals surface area contributed by atoms with Crippen molar-refractivity contribution in [2.24, 2.45) is 21.7 Å². The van der Waals surface area contributed by atoms with Gasteiger partial charge in [-0.2, -0.15) is 0 Å². The van der Waals surface area contributed by atoms with Gasteiger partial charge in [0.25, 0.3) is 0 Å². The highest BCUT2D eigenvalue weighted by atomic mass is 16.5. The molecule has 0 amide bonds. The fraction of sp³-hybridized carbons (Fsp3) is 0.944. The van der Waals surface area contributed by atoms with E-state index in [-0.39, 0.29) is 28.3 Å². The molecule has 0 fully saturated rings. The highest BCUT2D eigenvalue weighted by Crippen LogP contribution is 2.47. The molecule has 2 unspecified atom stereocenters. The Morgan fingerprint density at radius 3 is 1.55 bits per heavy atom. The highest BCUT2D eigenvalue weighted by Gasteiger charge is 2.48. The zero-order valence-corrected chi connectivity index (χ0v) is 15.6. The van der Waals surface area contributed by atoms with Gasteiger partial charge in [-0.25, -0.2) is 0 Å². The van der Waals surface area contributed by atoms with Gasteiger partial charge in [-0.05, 0) is 36.5 Å². The lowest BCUT2D eigenvalue weighted by Gasteiger charge is -2.44. The zero-order chi connectivity index (χ0) is 16.6. The quantitative estimate of drug-likeness (QED) is 0.644. The molecule has 0 aromatic rings. The van der Waals surface area contributed by atoms with E-state index in [1.54, 1.807) is 0 Å². The molecule has 2 atom stereocenters. The number of rotatable bonds is 3. The number of hydrogen-bond donors (Lipinski definition) is 0. The molecule has 0 aromatic heterocycles. The summed E-state index contributed by atoms with van der Waals surface area (Å²) in [6.45, 7) is 23.3. The van der Waals surface area contributed by atoms with Crippen molar-refractivity contribution >= 4 is 5.97 Å². The molecule has 2 heteroatoms. The van der Waals surface area contributed by atoms with Crippen LogP contribution in [0.15, 0.2) is 0 Å². The van der Waals surface area contributed by atoms with Crippen LogP contribution in [0.25, 0.3) is 0 Å². The molecule has 0 spiro atoms. The third-order valence-corrected chi connectivity index (χ3v) is 4.49. The van der Waals surface area contributed by atoms with Crippen LogP contribution in [0.5, 0.6) is 0 Å². The van der Waals surface area contributed by atoms with Crippen LogP contribution in [0.4, 0.5) is 0 Å². The van der Waals surface area contributed by atoms with E-state index >= 15 is 0 Å². The third-order valence-electron chi connectivity index (χ3n) is 4.49. The SMILES string of the molecule is CC(OC(=O)C(C)(CC(C)(C)C)C(C)(C)C)C(C)(C)C. The Hall–Kier alpha value is -0.530. The molecule has 2 nitrogen and oxygen atoms in total. The summed E-state index contributed by atoms with van der Waals surface area (Å²) in [6, 6.07) is 0. The number of hydrogen-bond acceptors (Lipinski definition) is 2. The second-order valence-electron chi connectivity index (χ2n) is 9.73. The van der Waals surface area contributed by atoms with Gasteiger partial charge in [-0.1, -0.05) is 62.3 Å². The molecule has 0 radical (unpaired) electrons. The van der Waals surface area contributed by atoms with E-state index in [1.165, 1.54) is 0 Å². The molecule has 0 heterocycles.